The molecule has 0 saturated carbocycles. The Morgan fingerprint density at radius 1 is 0.322 bits per heavy atom. The fourth-order valence-electron chi connectivity index (χ4n) is 8.01. The molecule has 8 aromatic carbocycles. The highest BCUT2D eigenvalue weighted by atomic mass is 15.1. The summed E-state index contributed by atoms with van der Waals surface area (Å²) in [4.78, 5) is 25.6. The normalized spacial score (nSPS) is 11.4. The quantitative estimate of drug-likeness (QED) is 0.152. The summed E-state index contributed by atoms with van der Waals surface area (Å²) in [7, 11) is 0. The van der Waals surface area contributed by atoms with E-state index in [0.29, 0.717) is 17.5 Å². The lowest BCUT2D eigenvalue weighted by atomic mass is 9.96. The number of para-hydroxylation sites is 2. The maximum absolute atomic E-state index is 5.46. The second kappa shape index (κ2) is 14.4. The molecule has 3 aromatic heterocycles. The summed E-state index contributed by atoms with van der Waals surface area (Å²) in [5.74, 6) is 2.79. The largest absolute Gasteiger partial charge is 0.292 e. The van der Waals surface area contributed by atoms with Gasteiger partial charge in [0.2, 0.25) is 0 Å². The molecule has 0 fully saturated rings. The number of nitrogens with zero attached hydrogens (tertiary/aromatic N) is 6. The molecule has 0 aliphatic heterocycles. The number of imidazole rings is 1. The zero-order valence-electron chi connectivity index (χ0n) is 31.8. The van der Waals surface area contributed by atoms with Crippen LogP contribution < -0.4 is 0 Å². The van der Waals surface area contributed by atoms with Gasteiger partial charge in [-0.1, -0.05) is 176 Å². The highest BCUT2D eigenvalue weighted by Gasteiger charge is 2.21. The van der Waals surface area contributed by atoms with Gasteiger partial charge in [-0.05, 0) is 46.8 Å². The summed E-state index contributed by atoms with van der Waals surface area (Å²) in [5.41, 5.74) is 11.8. The van der Waals surface area contributed by atoms with Gasteiger partial charge in [0.05, 0.1) is 22.2 Å². The van der Waals surface area contributed by atoms with Gasteiger partial charge in [0.25, 0.3) is 0 Å². The predicted octanol–water partition coefficient (Wildman–Crippen LogP) is 12.9. The molecule has 6 heteroatoms. The van der Waals surface area contributed by atoms with Crippen molar-refractivity contribution in [2.24, 2.45) is 0 Å². The molecular formula is C53H34N6. The van der Waals surface area contributed by atoms with Gasteiger partial charge in [0, 0.05) is 44.3 Å². The monoisotopic (exact) mass is 754 g/mol. The van der Waals surface area contributed by atoms with Crippen molar-refractivity contribution >= 4 is 32.7 Å². The highest BCUT2D eigenvalue weighted by Crippen LogP contribution is 2.40. The first kappa shape index (κ1) is 34.2. The minimum absolute atomic E-state index is 0.624. The Labute approximate surface area is 340 Å². The second-order valence-corrected chi connectivity index (χ2v) is 14.5. The number of fused-ring (bicyclic) bond motifs is 5. The SMILES string of the molecule is c1ccc(-c2nc(-c3ccccc3)nc(-c3ccc(-c4cccc(-c5nc6ccccc6c6ccc7c(nc(-c8ccccc8)n7-c7ccccc7)c56)c4)cc3)n2)cc1. The molecule has 0 aliphatic carbocycles. The van der Waals surface area contributed by atoms with E-state index in [-0.39, 0.29) is 0 Å². The van der Waals surface area contributed by atoms with Gasteiger partial charge in [-0.25, -0.2) is 24.9 Å². The van der Waals surface area contributed by atoms with Crippen molar-refractivity contribution in [2.45, 2.75) is 0 Å². The van der Waals surface area contributed by atoms with Crippen LogP contribution in [0.1, 0.15) is 0 Å². The Kier molecular flexibility index (Phi) is 8.37. The first-order valence-electron chi connectivity index (χ1n) is 19.7. The first-order chi connectivity index (χ1) is 29.2. The summed E-state index contributed by atoms with van der Waals surface area (Å²) in [6.45, 7) is 0. The van der Waals surface area contributed by atoms with Gasteiger partial charge < -0.3 is 0 Å². The van der Waals surface area contributed by atoms with Crippen LogP contribution in [0.3, 0.4) is 0 Å². The molecule has 11 rings (SSSR count). The maximum atomic E-state index is 5.46. The van der Waals surface area contributed by atoms with E-state index in [1.807, 2.05) is 72.8 Å². The Balaban J connectivity index is 1.05. The van der Waals surface area contributed by atoms with Crippen molar-refractivity contribution in [1.82, 2.24) is 29.5 Å². The van der Waals surface area contributed by atoms with Crippen LogP contribution in [0.25, 0.3) is 106 Å². The number of pyridine rings is 1. The lowest BCUT2D eigenvalue weighted by molar-refractivity contribution is 1.07. The third-order valence-electron chi connectivity index (χ3n) is 10.8. The summed E-state index contributed by atoms with van der Waals surface area (Å²) in [6, 6.07) is 70.9. The molecular weight excluding hydrogens is 721 g/mol. The minimum atomic E-state index is 0.624. The van der Waals surface area contributed by atoms with Crippen LogP contribution in [0.4, 0.5) is 0 Å². The smallest absolute Gasteiger partial charge is 0.164 e. The van der Waals surface area contributed by atoms with Crippen LogP contribution in [-0.2, 0) is 0 Å². The van der Waals surface area contributed by atoms with E-state index >= 15 is 0 Å². The van der Waals surface area contributed by atoms with Gasteiger partial charge in [-0.2, -0.15) is 0 Å². The van der Waals surface area contributed by atoms with Gasteiger partial charge in [-0.15, -0.1) is 0 Å². The van der Waals surface area contributed by atoms with Crippen LogP contribution in [-0.4, -0.2) is 29.5 Å². The molecule has 0 spiro atoms. The third kappa shape index (κ3) is 6.20. The lowest BCUT2D eigenvalue weighted by Gasteiger charge is -2.13. The zero-order chi connectivity index (χ0) is 39.1. The van der Waals surface area contributed by atoms with Crippen LogP contribution in [0, 0.1) is 0 Å². The molecule has 0 bridgehead atoms. The molecule has 6 nitrogen and oxygen atoms in total. The topological polar surface area (TPSA) is 69.4 Å². The summed E-state index contributed by atoms with van der Waals surface area (Å²) in [5, 5.41) is 3.24. The number of rotatable bonds is 7. The standard InChI is InChI=1S/C53H34N6/c1-5-16-36(17-6-1)50-56-51(37-18-7-2-8-19-37)58-52(57-50)38-30-28-35(29-31-38)40-22-15-23-41(34-40)48-47-44(43-26-13-14-27-45(43)54-48)32-33-46-49(47)55-53(39-20-9-3-10-21-39)59(46)42-24-11-4-12-25-42/h1-34H. The molecule has 0 saturated heterocycles. The van der Waals surface area contributed by atoms with E-state index in [1.54, 1.807) is 0 Å². The van der Waals surface area contributed by atoms with Crippen LogP contribution in [0.15, 0.2) is 206 Å². The Hall–Kier alpha value is -8.09. The van der Waals surface area contributed by atoms with E-state index in [9.17, 15) is 0 Å². The number of aromatic nitrogens is 6. The van der Waals surface area contributed by atoms with Crippen LogP contribution in [0.2, 0.25) is 0 Å². The van der Waals surface area contributed by atoms with Crippen molar-refractivity contribution in [1.29, 1.82) is 0 Å². The predicted molar refractivity (Wildman–Crippen MR) is 240 cm³/mol. The van der Waals surface area contributed by atoms with Crippen LogP contribution in [0.5, 0.6) is 0 Å². The van der Waals surface area contributed by atoms with Crippen molar-refractivity contribution in [3.05, 3.63) is 206 Å². The fourth-order valence-corrected chi connectivity index (χ4v) is 8.01. The molecule has 11 aromatic rings. The average Bonchev–Trinajstić information content (AvgIpc) is 3.72. The van der Waals surface area contributed by atoms with Crippen molar-refractivity contribution in [3.63, 3.8) is 0 Å². The van der Waals surface area contributed by atoms with Gasteiger partial charge in [-0.3, -0.25) is 4.57 Å². The highest BCUT2D eigenvalue weighted by molar-refractivity contribution is 6.20. The van der Waals surface area contributed by atoms with Crippen molar-refractivity contribution in [2.75, 3.05) is 0 Å². The van der Waals surface area contributed by atoms with E-state index in [1.165, 1.54) is 0 Å². The molecule has 59 heavy (non-hydrogen) atoms. The summed E-state index contributed by atoms with van der Waals surface area (Å²) in [6.07, 6.45) is 0. The fraction of sp³-hybridized carbons (Fsp3) is 0. The van der Waals surface area contributed by atoms with E-state index in [0.717, 1.165) is 88.9 Å². The van der Waals surface area contributed by atoms with Crippen LogP contribution >= 0.6 is 0 Å². The molecule has 0 N–H and O–H groups in total. The summed E-state index contributed by atoms with van der Waals surface area (Å²) < 4.78 is 2.26. The zero-order valence-corrected chi connectivity index (χ0v) is 31.8. The van der Waals surface area contributed by atoms with Gasteiger partial charge >= 0.3 is 0 Å². The van der Waals surface area contributed by atoms with E-state index < -0.39 is 0 Å². The Bertz CT molecular complexity index is 3230. The first-order valence-corrected chi connectivity index (χ1v) is 19.7. The Morgan fingerprint density at radius 2 is 0.831 bits per heavy atom. The van der Waals surface area contributed by atoms with Crippen molar-refractivity contribution in [3.8, 4) is 73.6 Å². The molecule has 0 amide bonds. The second-order valence-electron chi connectivity index (χ2n) is 14.5. The molecule has 276 valence electrons. The number of hydrogen-bond donors (Lipinski definition) is 0. The minimum Gasteiger partial charge on any atom is -0.292 e. The van der Waals surface area contributed by atoms with Gasteiger partial charge in [0.1, 0.15) is 5.82 Å². The molecule has 0 radical (unpaired) electrons. The Morgan fingerprint density at radius 3 is 1.47 bits per heavy atom. The maximum Gasteiger partial charge on any atom is 0.164 e. The van der Waals surface area contributed by atoms with Gasteiger partial charge in [0.15, 0.2) is 17.5 Å². The number of hydrogen-bond acceptors (Lipinski definition) is 5. The third-order valence-corrected chi connectivity index (χ3v) is 10.8. The lowest BCUT2D eigenvalue weighted by Crippen LogP contribution is -2.00. The van der Waals surface area contributed by atoms with E-state index in [2.05, 4.69) is 138 Å². The molecule has 0 aliphatic rings. The molecule has 3 heterocycles. The van der Waals surface area contributed by atoms with E-state index in [4.69, 9.17) is 24.9 Å². The average molecular weight is 755 g/mol. The van der Waals surface area contributed by atoms with Crippen molar-refractivity contribution < 1.29 is 0 Å². The molecule has 0 unspecified atom stereocenters. The summed E-state index contributed by atoms with van der Waals surface area (Å²) >= 11 is 0. The number of benzene rings is 8. The molecule has 0 atom stereocenters.